The fraction of sp³-hybridized carbons (Fsp3) is 0.231. The van der Waals surface area contributed by atoms with Gasteiger partial charge in [0.1, 0.15) is 10.7 Å². The first-order valence-corrected chi connectivity index (χ1v) is 6.40. The Labute approximate surface area is 117 Å². The molecule has 0 aliphatic carbocycles. The van der Waals surface area contributed by atoms with Gasteiger partial charge in [0.25, 0.3) is 0 Å². The highest BCUT2D eigenvalue weighted by atomic mass is 32.1. The molecule has 2 rings (SSSR count). The summed E-state index contributed by atoms with van der Waals surface area (Å²) in [5.41, 5.74) is 8.31. The highest BCUT2D eigenvalue weighted by molar-refractivity contribution is 7.80. The second kappa shape index (κ2) is 6.19. The van der Waals surface area contributed by atoms with Gasteiger partial charge < -0.3 is 11.1 Å². The molecule has 0 spiro atoms. The van der Waals surface area contributed by atoms with Crippen LogP contribution in [0.25, 0.3) is 0 Å². The molecule has 0 aliphatic rings. The van der Waals surface area contributed by atoms with E-state index in [2.05, 4.69) is 33.3 Å². The Bertz CT molecular complexity index is 585. The molecule has 3 N–H and O–H groups in total. The van der Waals surface area contributed by atoms with E-state index < -0.39 is 0 Å². The summed E-state index contributed by atoms with van der Waals surface area (Å²) in [5.74, 6) is 0.586. The number of nitrogens with one attached hydrogen (secondary N) is 1. The van der Waals surface area contributed by atoms with Gasteiger partial charge in [-0.25, -0.2) is 9.97 Å². The van der Waals surface area contributed by atoms with Gasteiger partial charge in [0.15, 0.2) is 5.82 Å². The van der Waals surface area contributed by atoms with E-state index in [1.165, 1.54) is 5.56 Å². The topological polar surface area (TPSA) is 76.7 Å². The first-order chi connectivity index (χ1) is 9.22. The zero-order chi connectivity index (χ0) is 13.7. The van der Waals surface area contributed by atoms with Crippen LogP contribution in [0.2, 0.25) is 0 Å². The van der Waals surface area contributed by atoms with Crippen molar-refractivity contribution in [3.63, 3.8) is 0 Å². The minimum Gasteiger partial charge on any atom is -0.388 e. The van der Waals surface area contributed by atoms with E-state index in [1.54, 1.807) is 18.6 Å². The number of nitrogens with two attached hydrogens (primary N) is 1. The molecule has 2 aromatic heterocycles. The molecule has 5 nitrogen and oxygen atoms in total. The predicted octanol–water partition coefficient (Wildman–Crippen LogP) is 1.68. The second-order valence-electron chi connectivity index (χ2n) is 3.93. The average Bonchev–Trinajstić information content (AvgIpc) is 2.45. The van der Waals surface area contributed by atoms with Crippen LogP contribution in [0.4, 0.5) is 5.82 Å². The first-order valence-electron chi connectivity index (χ1n) is 5.99. The van der Waals surface area contributed by atoms with E-state index in [0.29, 0.717) is 18.1 Å². The van der Waals surface area contributed by atoms with Crippen LogP contribution in [0.15, 0.2) is 30.7 Å². The summed E-state index contributed by atoms with van der Waals surface area (Å²) in [6.45, 7) is 2.67. The molecule has 19 heavy (non-hydrogen) atoms. The molecule has 0 atom stereocenters. The van der Waals surface area contributed by atoms with E-state index in [0.717, 1.165) is 12.1 Å². The molecule has 0 amide bonds. The third-order valence-electron chi connectivity index (χ3n) is 2.72. The van der Waals surface area contributed by atoms with Crippen LogP contribution in [0.1, 0.15) is 23.9 Å². The lowest BCUT2D eigenvalue weighted by Gasteiger charge is -2.10. The molecule has 0 aromatic carbocycles. The molecule has 0 saturated heterocycles. The number of thiocarbonyl (C=S) groups is 1. The van der Waals surface area contributed by atoms with E-state index in [9.17, 15) is 0 Å². The van der Waals surface area contributed by atoms with Crippen molar-refractivity contribution in [2.24, 2.45) is 5.73 Å². The summed E-state index contributed by atoms with van der Waals surface area (Å²) in [7, 11) is 0. The van der Waals surface area contributed by atoms with Crippen molar-refractivity contribution in [1.29, 1.82) is 0 Å². The van der Waals surface area contributed by atoms with Gasteiger partial charge >= 0.3 is 0 Å². The molecular formula is C13H15N5S. The Kier molecular flexibility index (Phi) is 4.35. The monoisotopic (exact) mass is 273 g/mol. The van der Waals surface area contributed by atoms with Crippen LogP contribution in [-0.2, 0) is 13.0 Å². The molecule has 0 bridgehead atoms. The predicted molar refractivity (Wildman–Crippen MR) is 78.9 cm³/mol. The fourth-order valence-corrected chi connectivity index (χ4v) is 1.92. The minimum atomic E-state index is 0.229. The normalized spacial score (nSPS) is 10.2. The first kappa shape index (κ1) is 13.4. The van der Waals surface area contributed by atoms with E-state index >= 15 is 0 Å². The average molecular weight is 273 g/mol. The molecule has 0 radical (unpaired) electrons. The number of hydrogen-bond acceptors (Lipinski definition) is 5. The minimum absolute atomic E-state index is 0.229. The quantitative estimate of drug-likeness (QED) is 0.807. The van der Waals surface area contributed by atoms with Crippen molar-refractivity contribution in [3.05, 3.63) is 47.7 Å². The maximum Gasteiger partial charge on any atom is 0.155 e. The summed E-state index contributed by atoms with van der Waals surface area (Å²) >= 11 is 4.95. The Morgan fingerprint density at radius 2 is 2.05 bits per heavy atom. The fourth-order valence-electron chi connectivity index (χ4n) is 1.77. The summed E-state index contributed by atoms with van der Waals surface area (Å²) in [6, 6.07) is 4.00. The summed E-state index contributed by atoms with van der Waals surface area (Å²) in [6.07, 6.45) is 5.88. The number of nitrogens with zero attached hydrogens (tertiary/aromatic N) is 3. The molecule has 6 heteroatoms. The molecule has 2 heterocycles. The number of aromatic nitrogens is 3. The molecule has 0 aliphatic heterocycles. The van der Waals surface area contributed by atoms with Crippen LogP contribution in [0, 0.1) is 0 Å². The second-order valence-corrected chi connectivity index (χ2v) is 4.37. The lowest BCUT2D eigenvalue weighted by Crippen LogP contribution is -2.16. The van der Waals surface area contributed by atoms with Gasteiger partial charge in [-0.2, -0.15) is 0 Å². The number of rotatable bonds is 5. The van der Waals surface area contributed by atoms with Gasteiger partial charge in [-0.3, -0.25) is 4.98 Å². The number of aryl methyl sites for hydroxylation is 1. The molecule has 2 aromatic rings. The largest absolute Gasteiger partial charge is 0.388 e. The van der Waals surface area contributed by atoms with Crippen molar-refractivity contribution < 1.29 is 0 Å². The van der Waals surface area contributed by atoms with Crippen molar-refractivity contribution in [3.8, 4) is 0 Å². The third kappa shape index (κ3) is 3.23. The number of anilines is 1. The zero-order valence-electron chi connectivity index (χ0n) is 10.6. The lowest BCUT2D eigenvalue weighted by molar-refractivity contribution is 0.960. The summed E-state index contributed by atoms with van der Waals surface area (Å²) < 4.78 is 0. The highest BCUT2D eigenvalue weighted by Gasteiger charge is 2.08. The Hall–Kier alpha value is -2.08. The van der Waals surface area contributed by atoms with Gasteiger partial charge in [-0.1, -0.05) is 25.2 Å². The van der Waals surface area contributed by atoms with Gasteiger partial charge in [0.2, 0.25) is 0 Å². The van der Waals surface area contributed by atoms with Gasteiger partial charge in [0.05, 0.1) is 12.2 Å². The summed E-state index contributed by atoms with van der Waals surface area (Å²) in [5, 5.41) is 3.18. The molecule has 0 saturated carbocycles. The number of hydrogen-bond donors (Lipinski definition) is 2. The van der Waals surface area contributed by atoms with Crippen LogP contribution in [0.5, 0.6) is 0 Å². The molecular weight excluding hydrogens is 258 g/mol. The Morgan fingerprint density at radius 1 is 1.26 bits per heavy atom. The van der Waals surface area contributed by atoms with Gasteiger partial charge in [-0.05, 0) is 18.1 Å². The van der Waals surface area contributed by atoms with Crippen molar-refractivity contribution >= 4 is 23.0 Å². The molecule has 0 fully saturated rings. The molecule has 0 unspecified atom stereocenters. The Balaban J connectivity index is 2.17. The van der Waals surface area contributed by atoms with E-state index in [1.807, 2.05) is 6.07 Å². The third-order valence-corrected chi connectivity index (χ3v) is 2.91. The van der Waals surface area contributed by atoms with E-state index in [4.69, 9.17) is 18.0 Å². The lowest BCUT2D eigenvalue weighted by atomic mass is 10.1. The standard InChI is InChI=1S/C13H15N5S/c1-2-9-4-3-5-15-10(9)8-18-13-11(12(14)19)16-6-7-17-13/h3-7H,2,8H2,1H3,(H2,14,19)(H,17,18). The SMILES string of the molecule is CCc1cccnc1CNc1nccnc1C(N)=S. The highest BCUT2D eigenvalue weighted by Crippen LogP contribution is 2.12. The summed E-state index contributed by atoms with van der Waals surface area (Å²) in [4.78, 5) is 12.9. The van der Waals surface area contributed by atoms with Gasteiger partial charge in [0, 0.05) is 18.6 Å². The zero-order valence-corrected chi connectivity index (χ0v) is 11.4. The number of pyridine rings is 1. The van der Waals surface area contributed by atoms with Crippen LogP contribution in [0.3, 0.4) is 0 Å². The maximum atomic E-state index is 5.61. The van der Waals surface area contributed by atoms with Crippen LogP contribution in [-0.4, -0.2) is 19.9 Å². The van der Waals surface area contributed by atoms with Crippen molar-refractivity contribution in [2.75, 3.05) is 5.32 Å². The Morgan fingerprint density at radius 3 is 2.79 bits per heavy atom. The van der Waals surface area contributed by atoms with Crippen LogP contribution < -0.4 is 11.1 Å². The van der Waals surface area contributed by atoms with Crippen molar-refractivity contribution in [2.45, 2.75) is 19.9 Å². The van der Waals surface area contributed by atoms with E-state index in [-0.39, 0.29) is 4.99 Å². The van der Waals surface area contributed by atoms with Gasteiger partial charge in [-0.15, -0.1) is 0 Å². The maximum absolute atomic E-state index is 5.61. The van der Waals surface area contributed by atoms with Crippen molar-refractivity contribution in [1.82, 2.24) is 15.0 Å². The van der Waals surface area contributed by atoms with Crippen LogP contribution >= 0.6 is 12.2 Å². The molecule has 98 valence electrons. The smallest absolute Gasteiger partial charge is 0.155 e.